The van der Waals surface area contributed by atoms with Gasteiger partial charge in [0.15, 0.2) is 5.82 Å². The SMILES string of the molecule is CCc1nccc(N(C(C)=O)c2ccc(Oc3ncc(C(F)(F)F)cc3F)cc2)n1. The molecule has 0 N–H and O–H groups in total. The van der Waals surface area contributed by atoms with Crippen LogP contribution in [0.25, 0.3) is 0 Å². The third kappa shape index (κ3) is 4.70. The average Bonchev–Trinajstić information content (AvgIpc) is 2.70. The van der Waals surface area contributed by atoms with Crippen LogP contribution in [0.3, 0.4) is 0 Å². The number of carbonyl (C=O) groups excluding carboxylic acids is 1. The number of hydrogen-bond donors (Lipinski definition) is 0. The van der Waals surface area contributed by atoms with Crippen LogP contribution in [0.5, 0.6) is 11.6 Å². The number of aryl methyl sites for hydroxylation is 1. The first-order chi connectivity index (χ1) is 14.2. The highest BCUT2D eigenvalue weighted by atomic mass is 19.4. The van der Waals surface area contributed by atoms with E-state index < -0.39 is 23.4 Å². The van der Waals surface area contributed by atoms with Gasteiger partial charge in [-0.1, -0.05) is 6.92 Å². The minimum atomic E-state index is -4.71. The topological polar surface area (TPSA) is 68.2 Å². The van der Waals surface area contributed by atoms with Gasteiger partial charge in [0.05, 0.1) is 11.3 Å². The molecule has 30 heavy (non-hydrogen) atoms. The number of anilines is 2. The summed E-state index contributed by atoms with van der Waals surface area (Å²) in [5.41, 5.74) is -0.743. The molecule has 0 saturated carbocycles. The molecule has 0 aliphatic rings. The Labute approximate surface area is 169 Å². The molecule has 10 heteroatoms. The maximum atomic E-state index is 13.9. The third-order valence-electron chi connectivity index (χ3n) is 4.00. The van der Waals surface area contributed by atoms with Crippen molar-refractivity contribution in [2.45, 2.75) is 26.4 Å². The molecule has 2 aromatic heterocycles. The van der Waals surface area contributed by atoms with Crippen LogP contribution in [0, 0.1) is 5.82 Å². The first-order valence-corrected chi connectivity index (χ1v) is 8.82. The Hall–Kier alpha value is -3.56. The molecule has 0 atom stereocenters. The maximum absolute atomic E-state index is 13.9. The minimum absolute atomic E-state index is 0.130. The molecule has 0 unspecified atom stereocenters. The molecule has 0 bridgehead atoms. The summed E-state index contributed by atoms with van der Waals surface area (Å²) in [6.45, 7) is 3.26. The van der Waals surface area contributed by atoms with Crippen molar-refractivity contribution in [3.63, 3.8) is 0 Å². The van der Waals surface area contributed by atoms with Gasteiger partial charge in [-0.05, 0) is 36.4 Å². The van der Waals surface area contributed by atoms with Crippen LogP contribution < -0.4 is 9.64 Å². The summed E-state index contributed by atoms with van der Waals surface area (Å²) in [7, 11) is 0. The fourth-order valence-electron chi connectivity index (χ4n) is 2.59. The van der Waals surface area contributed by atoms with Crippen LogP contribution in [0.15, 0.2) is 48.8 Å². The Bertz CT molecular complexity index is 1060. The van der Waals surface area contributed by atoms with Crippen LogP contribution >= 0.6 is 0 Å². The normalized spacial score (nSPS) is 11.3. The zero-order chi connectivity index (χ0) is 21.9. The second-order valence-electron chi connectivity index (χ2n) is 6.14. The van der Waals surface area contributed by atoms with Crippen LogP contribution in [-0.4, -0.2) is 20.9 Å². The van der Waals surface area contributed by atoms with E-state index >= 15 is 0 Å². The molecule has 3 rings (SSSR count). The molecule has 0 fully saturated rings. The van der Waals surface area contributed by atoms with Gasteiger partial charge in [-0.3, -0.25) is 9.69 Å². The first-order valence-electron chi connectivity index (χ1n) is 8.82. The van der Waals surface area contributed by atoms with Crippen molar-refractivity contribution < 1.29 is 27.1 Å². The van der Waals surface area contributed by atoms with Gasteiger partial charge in [0.25, 0.3) is 5.88 Å². The van der Waals surface area contributed by atoms with Crippen LogP contribution in [-0.2, 0) is 17.4 Å². The molecule has 156 valence electrons. The van der Waals surface area contributed by atoms with E-state index in [4.69, 9.17) is 4.74 Å². The van der Waals surface area contributed by atoms with Crippen molar-refractivity contribution in [1.82, 2.24) is 15.0 Å². The minimum Gasteiger partial charge on any atom is -0.436 e. The molecular formula is C20H16F4N4O2. The van der Waals surface area contributed by atoms with Crippen molar-refractivity contribution in [1.29, 1.82) is 0 Å². The van der Waals surface area contributed by atoms with E-state index in [1.165, 1.54) is 36.1 Å². The summed E-state index contributed by atoms with van der Waals surface area (Å²) in [6, 6.07) is 7.85. The first kappa shape index (κ1) is 21.2. The molecule has 0 spiro atoms. The zero-order valence-corrected chi connectivity index (χ0v) is 15.9. The van der Waals surface area contributed by atoms with Crippen molar-refractivity contribution in [3.8, 4) is 11.6 Å². The van der Waals surface area contributed by atoms with Gasteiger partial charge in [0.1, 0.15) is 17.4 Å². The Morgan fingerprint density at radius 1 is 1.13 bits per heavy atom. The highest BCUT2D eigenvalue weighted by molar-refractivity contribution is 5.98. The van der Waals surface area contributed by atoms with Crippen LogP contribution in [0.1, 0.15) is 25.2 Å². The fraction of sp³-hybridized carbons (Fsp3) is 0.200. The van der Waals surface area contributed by atoms with Gasteiger partial charge in [-0.25, -0.2) is 19.3 Å². The Kier molecular flexibility index (Phi) is 5.95. The molecule has 2 heterocycles. The number of ether oxygens (including phenoxy) is 1. The average molecular weight is 420 g/mol. The summed E-state index contributed by atoms with van der Waals surface area (Å²) >= 11 is 0. The lowest BCUT2D eigenvalue weighted by atomic mass is 10.2. The Morgan fingerprint density at radius 3 is 2.40 bits per heavy atom. The molecule has 0 radical (unpaired) electrons. The van der Waals surface area contributed by atoms with E-state index in [2.05, 4.69) is 15.0 Å². The van der Waals surface area contributed by atoms with E-state index in [-0.39, 0.29) is 11.7 Å². The molecule has 0 aliphatic carbocycles. The number of carbonyl (C=O) groups is 1. The summed E-state index contributed by atoms with van der Waals surface area (Å²) in [5, 5.41) is 0. The van der Waals surface area contributed by atoms with Gasteiger partial charge < -0.3 is 4.74 Å². The van der Waals surface area contributed by atoms with E-state index in [1.54, 1.807) is 12.3 Å². The second kappa shape index (κ2) is 8.44. The molecule has 3 aromatic rings. The van der Waals surface area contributed by atoms with Gasteiger partial charge in [-0.15, -0.1) is 0 Å². The summed E-state index contributed by atoms with van der Waals surface area (Å²) in [6.07, 6.45) is -2.07. The standard InChI is InChI=1S/C20H16F4N4O2/c1-3-17-25-9-8-18(27-17)28(12(2)29)14-4-6-15(7-5-14)30-19-16(21)10-13(11-26-19)20(22,23)24/h4-11H,3H2,1-2H3. The fourth-order valence-corrected chi connectivity index (χ4v) is 2.59. The van der Waals surface area contributed by atoms with Gasteiger partial charge in [0, 0.05) is 25.7 Å². The van der Waals surface area contributed by atoms with Gasteiger partial charge >= 0.3 is 6.18 Å². The number of pyridine rings is 1. The van der Waals surface area contributed by atoms with Gasteiger partial charge in [0.2, 0.25) is 5.91 Å². The van der Waals surface area contributed by atoms with E-state index in [0.717, 1.165) is 0 Å². The summed E-state index contributed by atoms with van der Waals surface area (Å²) in [5.74, 6) is -1.04. The quantitative estimate of drug-likeness (QED) is 0.539. The van der Waals surface area contributed by atoms with E-state index in [9.17, 15) is 22.4 Å². The zero-order valence-electron chi connectivity index (χ0n) is 15.9. The molecular weight excluding hydrogens is 404 g/mol. The van der Waals surface area contributed by atoms with E-state index in [1.807, 2.05) is 6.92 Å². The number of hydrogen-bond acceptors (Lipinski definition) is 5. The monoisotopic (exact) mass is 420 g/mol. The third-order valence-corrected chi connectivity index (χ3v) is 4.00. The molecule has 1 aromatic carbocycles. The number of rotatable bonds is 5. The Morgan fingerprint density at radius 2 is 1.83 bits per heavy atom. The van der Waals surface area contributed by atoms with Gasteiger partial charge in [-0.2, -0.15) is 13.2 Å². The molecule has 1 amide bonds. The molecule has 0 saturated heterocycles. The lowest BCUT2D eigenvalue weighted by Crippen LogP contribution is -2.24. The van der Waals surface area contributed by atoms with Crippen LogP contribution in [0.4, 0.5) is 29.1 Å². The summed E-state index contributed by atoms with van der Waals surface area (Å²) in [4.78, 5) is 25.3. The maximum Gasteiger partial charge on any atom is 0.417 e. The van der Waals surface area contributed by atoms with Crippen molar-refractivity contribution in [2.75, 3.05) is 4.90 Å². The predicted octanol–water partition coefficient (Wildman–Crippen LogP) is 5.07. The van der Waals surface area contributed by atoms with Crippen molar-refractivity contribution >= 4 is 17.4 Å². The number of alkyl halides is 3. The Balaban J connectivity index is 1.84. The smallest absolute Gasteiger partial charge is 0.417 e. The van der Waals surface area contributed by atoms with Crippen molar-refractivity contribution in [3.05, 3.63) is 66.0 Å². The summed E-state index contributed by atoms with van der Waals surface area (Å²) < 4.78 is 57.0. The number of benzene rings is 1. The number of amides is 1. The highest BCUT2D eigenvalue weighted by Crippen LogP contribution is 2.32. The molecule has 0 aliphatic heterocycles. The van der Waals surface area contributed by atoms with Crippen molar-refractivity contribution in [2.24, 2.45) is 0 Å². The van der Waals surface area contributed by atoms with Crippen LogP contribution in [0.2, 0.25) is 0 Å². The molecule has 6 nitrogen and oxygen atoms in total. The number of nitrogens with zero attached hydrogens (tertiary/aromatic N) is 4. The number of aromatic nitrogens is 3. The number of halogens is 4. The predicted molar refractivity (Wildman–Crippen MR) is 99.9 cm³/mol. The highest BCUT2D eigenvalue weighted by Gasteiger charge is 2.32. The second-order valence-corrected chi connectivity index (χ2v) is 6.14. The lowest BCUT2D eigenvalue weighted by molar-refractivity contribution is -0.138. The lowest BCUT2D eigenvalue weighted by Gasteiger charge is -2.20. The largest absolute Gasteiger partial charge is 0.436 e. The van der Waals surface area contributed by atoms with E-state index in [0.29, 0.717) is 36.0 Å².